The van der Waals surface area contributed by atoms with Gasteiger partial charge in [0.1, 0.15) is 17.8 Å². The molecule has 0 atom stereocenters. The van der Waals surface area contributed by atoms with Crippen LogP contribution in [0.3, 0.4) is 0 Å². The fourth-order valence-electron chi connectivity index (χ4n) is 1.05. The summed E-state index contributed by atoms with van der Waals surface area (Å²) in [4.78, 5) is 3.64. The van der Waals surface area contributed by atoms with Gasteiger partial charge in [-0.25, -0.2) is 4.99 Å². The lowest BCUT2D eigenvalue weighted by molar-refractivity contribution is 0.368. The van der Waals surface area contributed by atoms with Crippen molar-refractivity contribution < 1.29 is 15.3 Å². The Bertz CT molecular complexity index is 597. The van der Waals surface area contributed by atoms with Gasteiger partial charge in [-0.15, -0.1) is 0 Å². The van der Waals surface area contributed by atoms with Crippen LogP contribution in [0.4, 0.5) is 0 Å². The minimum Gasteiger partial charge on any atom is -0.504 e. The van der Waals surface area contributed by atoms with Gasteiger partial charge in [0.05, 0.1) is 0 Å². The van der Waals surface area contributed by atoms with E-state index >= 15 is 0 Å². The van der Waals surface area contributed by atoms with Gasteiger partial charge in [0.2, 0.25) is 0 Å². The van der Waals surface area contributed by atoms with Crippen molar-refractivity contribution in [2.75, 3.05) is 0 Å². The number of phenols is 3. The number of nitrogens with zero attached hydrogens (tertiary/aromatic N) is 3. The van der Waals surface area contributed by atoms with E-state index in [4.69, 9.17) is 21.4 Å². The predicted molar refractivity (Wildman–Crippen MR) is 61.5 cm³/mol. The monoisotopic (exact) mass is 244 g/mol. The second-order valence-corrected chi connectivity index (χ2v) is 3.15. The molecule has 0 aliphatic rings. The third-order valence-corrected chi connectivity index (χ3v) is 1.92. The smallest absolute Gasteiger partial charge is 0.200 e. The van der Waals surface area contributed by atoms with E-state index in [0.717, 1.165) is 18.3 Å². The molecule has 7 heteroatoms. The first-order chi connectivity index (χ1) is 8.49. The van der Waals surface area contributed by atoms with E-state index in [2.05, 4.69) is 4.99 Å². The molecule has 0 saturated carbocycles. The Morgan fingerprint density at radius 1 is 1.17 bits per heavy atom. The van der Waals surface area contributed by atoms with E-state index in [1.807, 2.05) is 0 Å². The number of allylic oxidation sites excluding steroid dienone is 2. The number of nitriles is 2. The topological polar surface area (TPSA) is 147 Å². The van der Waals surface area contributed by atoms with Gasteiger partial charge in [-0.05, 0) is 12.1 Å². The number of phenolic OH excluding ortho intramolecular Hbond substituents is 3. The largest absolute Gasteiger partial charge is 0.504 e. The van der Waals surface area contributed by atoms with Gasteiger partial charge in [0, 0.05) is 11.8 Å². The lowest BCUT2D eigenvalue weighted by Gasteiger charge is -2.01. The highest BCUT2D eigenvalue weighted by Crippen LogP contribution is 2.34. The van der Waals surface area contributed by atoms with E-state index in [1.165, 1.54) is 0 Å². The van der Waals surface area contributed by atoms with Crippen LogP contribution in [0.25, 0.3) is 0 Å². The minimum atomic E-state index is -0.653. The molecule has 18 heavy (non-hydrogen) atoms. The Labute approximate surface area is 102 Å². The molecule has 0 aliphatic carbocycles. The number of rotatable bonds is 2. The zero-order valence-corrected chi connectivity index (χ0v) is 8.99. The summed E-state index contributed by atoms with van der Waals surface area (Å²) in [5.74, 6) is -1.72. The molecule has 0 unspecified atom stereocenters. The first-order valence-electron chi connectivity index (χ1n) is 4.58. The van der Waals surface area contributed by atoms with Crippen LogP contribution in [0, 0.1) is 22.7 Å². The molecule has 0 fully saturated rings. The van der Waals surface area contributed by atoms with Crippen LogP contribution in [-0.4, -0.2) is 21.5 Å². The Kier molecular flexibility index (Phi) is 3.74. The summed E-state index contributed by atoms with van der Waals surface area (Å²) in [5.41, 5.74) is 4.81. The van der Waals surface area contributed by atoms with Gasteiger partial charge in [-0.2, -0.15) is 10.5 Å². The maximum Gasteiger partial charge on any atom is 0.200 e. The highest BCUT2D eigenvalue weighted by Gasteiger charge is 2.07. The van der Waals surface area contributed by atoms with Crippen molar-refractivity contribution in [1.82, 2.24) is 0 Å². The molecular formula is C11H8N4O3. The first-order valence-corrected chi connectivity index (χ1v) is 4.58. The number of aromatic hydroxyl groups is 3. The van der Waals surface area contributed by atoms with Crippen molar-refractivity contribution in [3.05, 3.63) is 29.1 Å². The molecular weight excluding hydrogens is 236 g/mol. The zero-order valence-electron chi connectivity index (χ0n) is 8.99. The number of nitrogens with two attached hydrogens (primary N) is 1. The summed E-state index contributed by atoms with van der Waals surface area (Å²) >= 11 is 0. The molecule has 1 rings (SSSR count). The van der Waals surface area contributed by atoms with Gasteiger partial charge < -0.3 is 21.1 Å². The van der Waals surface area contributed by atoms with E-state index in [9.17, 15) is 10.2 Å². The van der Waals surface area contributed by atoms with Crippen LogP contribution in [-0.2, 0) is 0 Å². The summed E-state index contributed by atoms with van der Waals surface area (Å²) in [6, 6.07) is 5.43. The Morgan fingerprint density at radius 3 is 2.17 bits per heavy atom. The minimum absolute atomic E-state index is 0.223. The van der Waals surface area contributed by atoms with Crippen molar-refractivity contribution in [3.63, 3.8) is 0 Å². The molecule has 0 amide bonds. The second-order valence-electron chi connectivity index (χ2n) is 3.15. The molecule has 0 aliphatic heterocycles. The van der Waals surface area contributed by atoms with E-state index in [-0.39, 0.29) is 17.0 Å². The predicted octanol–water partition coefficient (Wildman–Crippen LogP) is 0.440. The lowest BCUT2D eigenvalue weighted by atomic mass is 10.2. The molecule has 7 nitrogen and oxygen atoms in total. The Hall–Kier alpha value is -3.19. The Morgan fingerprint density at radius 2 is 1.72 bits per heavy atom. The molecule has 0 heterocycles. The van der Waals surface area contributed by atoms with Crippen LogP contribution < -0.4 is 5.73 Å². The van der Waals surface area contributed by atoms with Crippen LogP contribution in [0.5, 0.6) is 17.2 Å². The van der Waals surface area contributed by atoms with Gasteiger partial charge in [-0.1, -0.05) is 0 Å². The van der Waals surface area contributed by atoms with Crippen LogP contribution >= 0.6 is 0 Å². The molecule has 0 spiro atoms. The van der Waals surface area contributed by atoms with Crippen molar-refractivity contribution in [2.24, 2.45) is 10.7 Å². The number of aliphatic imine (C=N–C) groups is 1. The molecule has 0 saturated heterocycles. The van der Waals surface area contributed by atoms with Crippen molar-refractivity contribution in [2.45, 2.75) is 0 Å². The molecule has 1 aromatic carbocycles. The molecule has 90 valence electrons. The molecule has 0 aromatic heterocycles. The van der Waals surface area contributed by atoms with Gasteiger partial charge >= 0.3 is 0 Å². The SMILES string of the molecule is N#C/C(N)=C(\C#N)N=Cc1cc(O)c(O)c(O)c1. The summed E-state index contributed by atoms with van der Waals surface area (Å²) in [5, 5.41) is 44.7. The number of benzene rings is 1. The molecule has 1 aromatic rings. The highest BCUT2D eigenvalue weighted by atomic mass is 16.3. The average Bonchev–Trinajstić information content (AvgIpc) is 2.36. The fraction of sp³-hybridized carbons (Fsp3) is 0. The first kappa shape index (κ1) is 12.9. The van der Waals surface area contributed by atoms with Crippen molar-refractivity contribution >= 4 is 6.21 Å². The standard InChI is InChI=1S/C11H8N4O3/c12-3-7(14)8(4-13)15-5-6-1-9(16)11(18)10(17)2-6/h1-2,5,16-18H,14H2/b8-7-,15-5?. The maximum atomic E-state index is 9.23. The van der Waals surface area contributed by atoms with Crippen LogP contribution in [0.2, 0.25) is 0 Å². The third kappa shape index (κ3) is 2.68. The summed E-state index contributed by atoms with van der Waals surface area (Å²) in [7, 11) is 0. The quantitative estimate of drug-likeness (QED) is 0.337. The van der Waals surface area contributed by atoms with Gasteiger partial charge in [0.25, 0.3) is 0 Å². The molecule has 5 N–H and O–H groups in total. The third-order valence-electron chi connectivity index (χ3n) is 1.92. The summed E-state index contributed by atoms with van der Waals surface area (Å²) < 4.78 is 0. The van der Waals surface area contributed by atoms with E-state index in [0.29, 0.717) is 0 Å². The van der Waals surface area contributed by atoms with Crippen LogP contribution in [0.1, 0.15) is 5.56 Å². The summed E-state index contributed by atoms with van der Waals surface area (Å²) in [6.07, 6.45) is 1.11. The highest BCUT2D eigenvalue weighted by molar-refractivity contribution is 5.83. The van der Waals surface area contributed by atoms with Crippen molar-refractivity contribution in [1.29, 1.82) is 10.5 Å². The Balaban J connectivity index is 3.14. The maximum absolute atomic E-state index is 9.23. The molecule has 0 radical (unpaired) electrons. The number of hydrogen-bond donors (Lipinski definition) is 4. The van der Waals surface area contributed by atoms with Gasteiger partial charge in [0.15, 0.2) is 22.9 Å². The molecule has 0 bridgehead atoms. The van der Waals surface area contributed by atoms with E-state index in [1.54, 1.807) is 12.1 Å². The van der Waals surface area contributed by atoms with Crippen LogP contribution in [0.15, 0.2) is 28.5 Å². The second kappa shape index (κ2) is 5.23. The lowest BCUT2D eigenvalue weighted by Crippen LogP contribution is -1.97. The summed E-state index contributed by atoms with van der Waals surface area (Å²) in [6.45, 7) is 0. The van der Waals surface area contributed by atoms with E-state index < -0.39 is 17.2 Å². The number of hydrogen-bond acceptors (Lipinski definition) is 7. The average molecular weight is 244 g/mol. The zero-order chi connectivity index (χ0) is 13.7. The fourth-order valence-corrected chi connectivity index (χ4v) is 1.05. The normalized spacial score (nSPS) is 11.7. The van der Waals surface area contributed by atoms with Crippen molar-refractivity contribution in [3.8, 4) is 29.4 Å². The van der Waals surface area contributed by atoms with Gasteiger partial charge in [-0.3, -0.25) is 0 Å².